The van der Waals surface area contributed by atoms with Gasteiger partial charge in [0.1, 0.15) is 11.5 Å². The van der Waals surface area contributed by atoms with Gasteiger partial charge in [0.2, 0.25) is 10.0 Å². The maximum Gasteiger partial charge on any atom is 0.261 e. The molecule has 1 amide bonds. The van der Waals surface area contributed by atoms with E-state index in [-0.39, 0.29) is 5.91 Å². The van der Waals surface area contributed by atoms with Gasteiger partial charge in [-0.05, 0) is 49.2 Å². The van der Waals surface area contributed by atoms with Crippen molar-refractivity contribution in [1.29, 1.82) is 0 Å². The van der Waals surface area contributed by atoms with Crippen LogP contribution >= 0.6 is 0 Å². The molecule has 1 atom stereocenters. The zero-order valence-corrected chi connectivity index (χ0v) is 16.7. The summed E-state index contributed by atoms with van der Waals surface area (Å²) < 4.78 is 35.3. The summed E-state index contributed by atoms with van der Waals surface area (Å²) in [5.74, 6) is 1.24. The Bertz CT molecular complexity index is 816. The van der Waals surface area contributed by atoms with E-state index in [4.69, 9.17) is 9.15 Å². The Morgan fingerprint density at radius 3 is 2.52 bits per heavy atom. The van der Waals surface area contributed by atoms with Crippen molar-refractivity contribution in [3.63, 3.8) is 0 Å². The van der Waals surface area contributed by atoms with E-state index in [1.165, 1.54) is 11.4 Å². The van der Waals surface area contributed by atoms with Gasteiger partial charge in [0.15, 0.2) is 6.10 Å². The van der Waals surface area contributed by atoms with E-state index in [9.17, 15) is 13.2 Å². The van der Waals surface area contributed by atoms with E-state index in [1.54, 1.807) is 30.5 Å². The number of benzene rings is 1. The van der Waals surface area contributed by atoms with Gasteiger partial charge in [-0.3, -0.25) is 9.10 Å². The number of nitrogens with one attached hydrogen (secondary N) is 1. The number of aryl methyl sites for hydroxylation is 1. The van der Waals surface area contributed by atoms with Crippen LogP contribution in [0, 0.1) is 0 Å². The molecule has 0 saturated carbocycles. The molecule has 1 aromatic heterocycles. The fraction of sp³-hybridized carbons (Fsp3) is 0.421. The van der Waals surface area contributed by atoms with Crippen molar-refractivity contribution >= 4 is 21.6 Å². The molecular weight excluding hydrogens is 368 g/mol. The maximum atomic E-state index is 12.3. The van der Waals surface area contributed by atoms with E-state index < -0.39 is 16.1 Å². The van der Waals surface area contributed by atoms with Crippen molar-refractivity contribution < 1.29 is 22.4 Å². The van der Waals surface area contributed by atoms with Gasteiger partial charge in [-0.1, -0.05) is 6.92 Å². The molecule has 1 aromatic carbocycles. The third kappa shape index (κ3) is 6.32. The first-order chi connectivity index (χ1) is 12.8. The van der Waals surface area contributed by atoms with Crippen LogP contribution in [0.15, 0.2) is 47.1 Å². The normalized spacial score (nSPS) is 12.4. The quantitative estimate of drug-likeness (QED) is 0.626. The summed E-state index contributed by atoms with van der Waals surface area (Å²) in [6, 6.07) is 10.3. The van der Waals surface area contributed by atoms with Crippen molar-refractivity contribution in [2.24, 2.45) is 0 Å². The number of hydrogen-bond acceptors (Lipinski definition) is 5. The smallest absolute Gasteiger partial charge is 0.261 e. The summed E-state index contributed by atoms with van der Waals surface area (Å²) in [6.07, 6.45) is 4.23. The fourth-order valence-corrected chi connectivity index (χ4v) is 2.96. The van der Waals surface area contributed by atoms with Gasteiger partial charge in [0.05, 0.1) is 18.2 Å². The SMILES string of the molecule is CC[C@@H](Oc1ccc(N(C)S(C)(=O)=O)cc1)C(=O)NCCCc1ccco1. The zero-order valence-electron chi connectivity index (χ0n) is 15.8. The van der Waals surface area contributed by atoms with Crippen molar-refractivity contribution in [2.45, 2.75) is 32.3 Å². The number of carbonyl (C=O) groups is 1. The molecule has 0 aliphatic rings. The molecule has 0 spiro atoms. The first kappa shape index (κ1) is 20.8. The van der Waals surface area contributed by atoms with Crippen LogP contribution in [0.1, 0.15) is 25.5 Å². The summed E-state index contributed by atoms with van der Waals surface area (Å²) in [6.45, 7) is 2.41. The Kier molecular flexibility index (Phi) is 7.29. The van der Waals surface area contributed by atoms with Crippen LogP contribution in [0.3, 0.4) is 0 Å². The van der Waals surface area contributed by atoms with Crippen LogP contribution < -0.4 is 14.4 Å². The first-order valence-corrected chi connectivity index (χ1v) is 10.7. The summed E-state index contributed by atoms with van der Waals surface area (Å²) in [7, 11) is -1.84. The summed E-state index contributed by atoms with van der Waals surface area (Å²) in [5.41, 5.74) is 0.528. The Labute approximate surface area is 160 Å². The average molecular weight is 394 g/mol. The highest BCUT2D eigenvalue weighted by atomic mass is 32.2. The highest BCUT2D eigenvalue weighted by Crippen LogP contribution is 2.21. The van der Waals surface area contributed by atoms with Crippen LogP contribution in [0.4, 0.5) is 5.69 Å². The molecule has 0 unspecified atom stereocenters. The van der Waals surface area contributed by atoms with Gasteiger partial charge in [-0.25, -0.2) is 8.42 Å². The highest BCUT2D eigenvalue weighted by Gasteiger charge is 2.18. The monoisotopic (exact) mass is 394 g/mol. The first-order valence-electron chi connectivity index (χ1n) is 8.82. The average Bonchev–Trinajstić information content (AvgIpc) is 3.15. The zero-order chi connectivity index (χ0) is 19.9. The summed E-state index contributed by atoms with van der Waals surface area (Å²) in [4.78, 5) is 12.3. The molecule has 7 nitrogen and oxygen atoms in total. The van der Waals surface area contributed by atoms with E-state index >= 15 is 0 Å². The Balaban J connectivity index is 1.85. The molecule has 148 valence electrons. The lowest BCUT2D eigenvalue weighted by Gasteiger charge is -2.19. The Morgan fingerprint density at radius 2 is 1.96 bits per heavy atom. The topological polar surface area (TPSA) is 88.8 Å². The minimum Gasteiger partial charge on any atom is -0.481 e. The number of anilines is 1. The molecule has 1 heterocycles. The summed E-state index contributed by atoms with van der Waals surface area (Å²) >= 11 is 0. The van der Waals surface area contributed by atoms with Gasteiger partial charge < -0.3 is 14.5 Å². The molecule has 27 heavy (non-hydrogen) atoms. The van der Waals surface area contributed by atoms with Gasteiger partial charge in [-0.15, -0.1) is 0 Å². The lowest BCUT2D eigenvalue weighted by atomic mass is 10.2. The van der Waals surface area contributed by atoms with Gasteiger partial charge in [-0.2, -0.15) is 0 Å². The molecule has 0 fully saturated rings. The number of rotatable bonds is 10. The second-order valence-electron chi connectivity index (χ2n) is 6.21. The minimum absolute atomic E-state index is 0.172. The number of ether oxygens (including phenoxy) is 1. The van der Waals surface area contributed by atoms with Gasteiger partial charge >= 0.3 is 0 Å². The third-order valence-corrected chi connectivity index (χ3v) is 5.32. The number of hydrogen-bond donors (Lipinski definition) is 1. The lowest BCUT2D eigenvalue weighted by molar-refractivity contribution is -0.128. The molecule has 0 aliphatic heterocycles. The molecular formula is C19H26N2O5S. The fourth-order valence-electron chi connectivity index (χ4n) is 2.46. The van der Waals surface area contributed by atoms with Crippen molar-refractivity contribution in [3.05, 3.63) is 48.4 Å². The van der Waals surface area contributed by atoms with Crippen LogP contribution in [0.5, 0.6) is 5.75 Å². The maximum absolute atomic E-state index is 12.3. The number of amides is 1. The number of sulfonamides is 1. The van der Waals surface area contributed by atoms with Crippen LogP contribution in [-0.2, 0) is 21.2 Å². The minimum atomic E-state index is -3.32. The van der Waals surface area contributed by atoms with Gasteiger partial charge in [0, 0.05) is 20.0 Å². The lowest BCUT2D eigenvalue weighted by Crippen LogP contribution is -2.38. The van der Waals surface area contributed by atoms with E-state index in [2.05, 4.69) is 5.32 Å². The Hall–Kier alpha value is -2.48. The van der Waals surface area contributed by atoms with E-state index in [0.717, 1.165) is 24.9 Å². The molecule has 2 aromatic rings. The van der Waals surface area contributed by atoms with Gasteiger partial charge in [0.25, 0.3) is 5.91 Å². The van der Waals surface area contributed by atoms with Crippen molar-refractivity contribution in [3.8, 4) is 5.75 Å². The number of nitrogens with zero attached hydrogens (tertiary/aromatic N) is 1. The molecule has 2 rings (SSSR count). The molecule has 8 heteroatoms. The Morgan fingerprint density at radius 1 is 1.26 bits per heavy atom. The van der Waals surface area contributed by atoms with E-state index in [0.29, 0.717) is 24.4 Å². The molecule has 0 saturated heterocycles. The number of furan rings is 1. The predicted octanol–water partition coefficient (Wildman–Crippen LogP) is 2.58. The largest absolute Gasteiger partial charge is 0.481 e. The van der Waals surface area contributed by atoms with Crippen LogP contribution in [0.25, 0.3) is 0 Å². The number of carbonyl (C=O) groups excluding carboxylic acids is 1. The summed E-state index contributed by atoms with van der Waals surface area (Å²) in [5, 5.41) is 2.87. The second-order valence-corrected chi connectivity index (χ2v) is 8.23. The highest BCUT2D eigenvalue weighted by molar-refractivity contribution is 7.92. The standard InChI is InChI=1S/C19H26N2O5S/c1-4-18(19(22)20-13-5-7-16-8-6-14-25-16)26-17-11-9-15(10-12-17)21(2)27(3,23)24/h6,8-12,14,18H,4-5,7,13H2,1-3H3,(H,20,22)/t18-/m1/s1. The van der Waals surface area contributed by atoms with Crippen molar-refractivity contribution in [2.75, 3.05) is 24.2 Å². The van der Waals surface area contributed by atoms with Crippen LogP contribution in [-0.4, -0.2) is 40.3 Å². The molecule has 0 bridgehead atoms. The van der Waals surface area contributed by atoms with Crippen molar-refractivity contribution in [1.82, 2.24) is 5.32 Å². The van der Waals surface area contributed by atoms with E-state index in [1.807, 2.05) is 19.1 Å². The van der Waals surface area contributed by atoms with Crippen LogP contribution in [0.2, 0.25) is 0 Å². The molecule has 0 radical (unpaired) electrons. The molecule has 0 aliphatic carbocycles. The predicted molar refractivity (Wildman–Crippen MR) is 104 cm³/mol. The third-order valence-electron chi connectivity index (χ3n) is 4.12. The second kappa shape index (κ2) is 9.45. The molecule has 1 N–H and O–H groups in total.